The molecule has 0 atom stereocenters. The molecule has 1 amide bonds. The Morgan fingerprint density at radius 1 is 1.15 bits per heavy atom. The molecule has 26 heavy (non-hydrogen) atoms. The molecule has 0 aromatic heterocycles. The predicted octanol–water partition coefficient (Wildman–Crippen LogP) is 3.25. The van der Waals surface area contributed by atoms with Gasteiger partial charge in [0.15, 0.2) is 5.17 Å². The Kier molecular flexibility index (Phi) is 5.33. The molecule has 0 unspecified atom stereocenters. The largest absolute Gasteiger partial charge is 0.325 e. The number of amidine groups is 1. The fourth-order valence-electron chi connectivity index (χ4n) is 2.58. The number of anilines is 2. The minimum Gasteiger partial charge on any atom is -0.325 e. The summed E-state index contributed by atoms with van der Waals surface area (Å²) >= 11 is 1.11. The molecule has 1 heterocycles. The van der Waals surface area contributed by atoms with Crippen molar-refractivity contribution in [1.82, 2.24) is 0 Å². The van der Waals surface area contributed by atoms with Gasteiger partial charge in [-0.15, -0.1) is 4.40 Å². The van der Waals surface area contributed by atoms with Crippen molar-refractivity contribution in [2.45, 2.75) is 18.7 Å². The Morgan fingerprint density at radius 3 is 2.54 bits per heavy atom. The van der Waals surface area contributed by atoms with Crippen LogP contribution in [0.15, 0.2) is 57.8 Å². The van der Waals surface area contributed by atoms with Crippen molar-refractivity contribution in [3.05, 3.63) is 54.1 Å². The summed E-state index contributed by atoms with van der Waals surface area (Å²) in [5.74, 6) is -0.144. The molecule has 0 bridgehead atoms. The molecule has 0 saturated carbocycles. The van der Waals surface area contributed by atoms with Crippen molar-refractivity contribution in [1.29, 1.82) is 0 Å². The van der Waals surface area contributed by atoms with Gasteiger partial charge in [0, 0.05) is 12.2 Å². The Bertz CT molecular complexity index is 954. The van der Waals surface area contributed by atoms with Crippen LogP contribution in [0.3, 0.4) is 0 Å². The van der Waals surface area contributed by atoms with Crippen LogP contribution in [0.4, 0.5) is 11.4 Å². The summed E-state index contributed by atoms with van der Waals surface area (Å²) in [6.45, 7) is 4.44. The zero-order valence-corrected chi connectivity index (χ0v) is 16.1. The predicted molar refractivity (Wildman–Crippen MR) is 106 cm³/mol. The molecule has 0 aliphatic carbocycles. The molecular weight excluding hydrogens is 370 g/mol. The van der Waals surface area contributed by atoms with Crippen molar-refractivity contribution in [3.8, 4) is 0 Å². The highest BCUT2D eigenvalue weighted by molar-refractivity contribution is 8.15. The Hall–Kier alpha value is -2.32. The van der Waals surface area contributed by atoms with Crippen LogP contribution in [0.1, 0.15) is 12.5 Å². The topological polar surface area (TPSA) is 78.8 Å². The third-order valence-corrected chi connectivity index (χ3v) is 6.25. The van der Waals surface area contributed by atoms with Gasteiger partial charge in [-0.3, -0.25) is 4.79 Å². The van der Waals surface area contributed by atoms with Gasteiger partial charge in [0.05, 0.1) is 11.4 Å². The number of nitrogens with zero attached hydrogens (tertiary/aromatic N) is 2. The SMILES string of the molecule is CCN1C(SCC(=O)Nc2ccc(C)cc2)=NS(=O)(=O)c2ccccc21. The van der Waals surface area contributed by atoms with Crippen LogP contribution in [0.2, 0.25) is 0 Å². The van der Waals surface area contributed by atoms with Gasteiger partial charge >= 0.3 is 0 Å². The van der Waals surface area contributed by atoms with E-state index in [-0.39, 0.29) is 16.6 Å². The van der Waals surface area contributed by atoms with Crippen LogP contribution in [-0.2, 0) is 14.8 Å². The van der Waals surface area contributed by atoms with E-state index in [1.54, 1.807) is 29.2 Å². The van der Waals surface area contributed by atoms with E-state index in [0.717, 1.165) is 17.3 Å². The monoisotopic (exact) mass is 389 g/mol. The number of thioether (sulfide) groups is 1. The van der Waals surface area contributed by atoms with Gasteiger partial charge in [-0.05, 0) is 38.1 Å². The van der Waals surface area contributed by atoms with Crippen molar-refractivity contribution in [2.75, 3.05) is 22.5 Å². The highest BCUT2D eigenvalue weighted by Gasteiger charge is 2.30. The fourth-order valence-corrected chi connectivity index (χ4v) is 4.89. The van der Waals surface area contributed by atoms with Gasteiger partial charge in [0.25, 0.3) is 10.0 Å². The Balaban J connectivity index is 1.74. The molecule has 0 radical (unpaired) electrons. The number of fused-ring (bicyclic) bond motifs is 1. The lowest BCUT2D eigenvalue weighted by Gasteiger charge is -2.29. The van der Waals surface area contributed by atoms with Crippen molar-refractivity contribution < 1.29 is 13.2 Å². The van der Waals surface area contributed by atoms with E-state index in [9.17, 15) is 13.2 Å². The van der Waals surface area contributed by atoms with E-state index in [2.05, 4.69) is 9.71 Å². The van der Waals surface area contributed by atoms with Gasteiger partial charge in [-0.1, -0.05) is 41.6 Å². The van der Waals surface area contributed by atoms with Crippen LogP contribution < -0.4 is 10.2 Å². The second kappa shape index (κ2) is 7.51. The summed E-state index contributed by atoms with van der Waals surface area (Å²) in [6, 6.07) is 14.2. The second-order valence-electron chi connectivity index (χ2n) is 5.76. The third-order valence-electron chi connectivity index (χ3n) is 3.85. The van der Waals surface area contributed by atoms with Crippen molar-refractivity contribution >= 4 is 44.2 Å². The first-order valence-electron chi connectivity index (χ1n) is 8.11. The summed E-state index contributed by atoms with van der Waals surface area (Å²) in [4.78, 5) is 14.2. The maximum absolute atomic E-state index is 12.4. The van der Waals surface area contributed by atoms with E-state index in [4.69, 9.17) is 0 Å². The van der Waals surface area contributed by atoms with Crippen molar-refractivity contribution in [3.63, 3.8) is 0 Å². The molecule has 2 aromatic rings. The van der Waals surface area contributed by atoms with Gasteiger partial charge in [0.2, 0.25) is 5.91 Å². The molecule has 6 nitrogen and oxygen atoms in total. The smallest absolute Gasteiger partial charge is 0.286 e. The zero-order chi connectivity index (χ0) is 18.7. The van der Waals surface area contributed by atoms with Crippen molar-refractivity contribution in [2.24, 2.45) is 4.40 Å². The number of carbonyl (C=O) groups excluding carboxylic acids is 1. The second-order valence-corrected chi connectivity index (χ2v) is 8.28. The molecule has 1 aliphatic heterocycles. The summed E-state index contributed by atoms with van der Waals surface area (Å²) in [6.07, 6.45) is 0. The van der Waals surface area contributed by atoms with E-state index < -0.39 is 10.0 Å². The highest BCUT2D eigenvalue weighted by atomic mass is 32.2. The highest BCUT2D eigenvalue weighted by Crippen LogP contribution is 2.33. The van der Waals surface area contributed by atoms with Gasteiger partial charge in [-0.25, -0.2) is 0 Å². The number of para-hydroxylation sites is 1. The maximum atomic E-state index is 12.4. The molecule has 136 valence electrons. The molecule has 2 aromatic carbocycles. The molecule has 1 N–H and O–H groups in total. The number of hydrogen-bond donors (Lipinski definition) is 1. The summed E-state index contributed by atoms with van der Waals surface area (Å²) in [7, 11) is -3.75. The van der Waals surface area contributed by atoms with Crippen LogP contribution in [0.5, 0.6) is 0 Å². The first-order valence-corrected chi connectivity index (χ1v) is 10.5. The summed E-state index contributed by atoms with van der Waals surface area (Å²) < 4.78 is 28.7. The average Bonchev–Trinajstić information content (AvgIpc) is 2.62. The molecule has 0 fully saturated rings. The first-order chi connectivity index (χ1) is 12.4. The number of hydrogen-bond acceptors (Lipinski definition) is 5. The third kappa shape index (κ3) is 3.91. The van der Waals surface area contributed by atoms with E-state index >= 15 is 0 Å². The van der Waals surface area contributed by atoms with Crippen LogP contribution in [0, 0.1) is 6.92 Å². The van der Waals surface area contributed by atoms with Crippen LogP contribution in [-0.4, -0.2) is 31.8 Å². The fraction of sp³-hybridized carbons (Fsp3) is 0.222. The van der Waals surface area contributed by atoms with E-state index in [0.29, 0.717) is 23.1 Å². The lowest BCUT2D eigenvalue weighted by molar-refractivity contribution is -0.113. The van der Waals surface area contributed by atoms with Crippen LogP contribution in [0.25, 0.3) is 0 Å². The molecule has 3 rings (SSSR count). The number of nitrogens with one attached hydrogen (secondary N) is 1. The van der Waals surface area contributed by atoms with E-state index in [1.807, 2.05) is 38.1 Å². The lowest BCUT2D eigenvalue weighted by atomic mass is 10.2. The normalized spacial score (nSPS) is 15.2. The number of carbonyl (C=O) groups is 1. The van der Waals surface area contributed by atoms with Gasteiger partial charge in [0.1, 0.15) is 4.90 Å². The number of amides is 1. The number of aryl methyl sites for hydroxylation is 1. The molecule has 0 saturated heterocycles. The average molecular weight is 390 g/mol. The quantitative estimate of drug-likeness (QED) is 0.868. The van der Waals surface area contributed by atoms with Crippen LogP contribution >= 0.6 is 11.8 Å². The molecular formula is C18H19N3O3S2. The number of rotatable bonds is 4. The van der Waals surface area contributed by atoms with E-state index in [1.165, 1.54) is 0 Å². The Morgan fingerprint density at radius 2 is 1.85 bits per heavy atom. The van der Waals surface area contributed by atoms with Gasteiger partial charge in [-0.2, -0.15) is 8.42 Å². The number of benzene rings is 2. The minimum atomic E-state index is -3.75. The molecule has 8 heteroatoms. The minimum absolute atomic E-state index is 0.0703. The zero-order valence-electron chi connectivity index (χ0n) is 14.5. The summed E-state index contributed by atoms with van der Waals surface area (Å²) in [5.41, 5.74) is 2.40. The lowest BCUT2D eigenvalue weighted by Crippen LogP contribution is -2.34. The molecule has 1 aliphatic rings. The first kappa shape index (κ1) is 18.5. The Labute approximate surface area is 157 Å². The summed E-state index contributed by atoms with van der Waals surface area (Å²) in [5, 5.41) is 3.11. The molecule has 0 spiro atoms. The standard InChI is InChI=1S/C18H19N3O3S2/c1-3-21-15-6-4-5-7-16(15)26(23,24)20-18(21)25-12-17(22)19-14-10-8-13(2)9-11-14/h4-11H,3,12H2,1-2H3,(H,19,22). The van der Waals surface area contributed by atoms with Gasteiger partial charge < -0.3 is 10.2 Å². The number of sulfonamides is 1. The maximum Gasteiger partial charge on any atom is 0.286 e.